The molecule has 0 aliphatic rings. The zero-order valence-electron chi connectivity index (χ0n) is 25.0. The molecular weight excluding hydrogens is 553 g/mol. The molecule has 0 spiro atoms. The van der Waals surface area contributed by atoms with E-state index in [0.717, 1.165) is 0 Å². The van der Waals surface area contributed by atoms with Gasteiger partial charge in [-0.25, -0.2) is 0 Å². The molecule has 0 fully saturated rings. The Morgan fingerprint density at radius 2 is 0.696 bits per heavy atom. The standard InChI is InChI=1S/C46H26/c1-3-13-27(14-4-1)40-39-26-37-32-20-10-9-19-31(32)34-22-12-23-35(42(34)37)44(39)41(28-15-5-2-6-16-28)45-36-24-11-21-33-30-18-8-7-17-29(30)25-38(43(33)36)46(40)45/h1-26H. The van der Waals surface area contributed by atoms with Crippen LogP contribution in [0.5, 0.6) is 0 Å². The summed E-state index contributed by atoms with van der Waals surface area (Å²) in [5, 5.41) is 21.3. The van der Waals surface area contributed by atoms with Crippen LogP contribution in [0.1, 0.15) is 0 Å². The summed E-state index contributed by atoms with van der Waals surface area (Å²) in [5.41, 5.74) is 5.17. The topological polar surface area (TPSA) is 0 Å². The fraction of sp³-hybridized carbons (Fsp3) is 0. The maximum Gasteiger partial charge on any atom is -0.000718 e. The lowest BCUT2D eigenvalue weighted by atomic mass is 9.84. The molecule has 11 rings (SSSR count). The maximum absolute atomic E-state index is 2.52. The van der Waals surface area contributed by atoms with E-state index in [1.165, 1.54) is 108 Å². The van der Waals surface area contributed by atoms with E-state index in [1.54, 1.807) is 0 Å². The highest BCUT2D eigenvalue weighted by molar-refractivity contribution is 6.46. The van der Waals surface area contributed by atoms with Crippen LogP contribution in [0.15, 0.2) is 158 Å². The summed E-state index contributed by atoms with van der Waals surface area (Å²) in [6.07, 6.45) is 0. The van der Waals surface area contributed by atoms with Gasteiger partial charge in [0.15, 0.2) is 0 Å². The van der Waals surface area contributed by atoms with Crippen molar-refractivity contribution < 1.29 is 0 Å². The Bertz CT molecular complexity index is 2980. The average molecular weight is 579 g/mol. The quantitative estimate of drug-likeness (QED) is 0.179. The van der Waals surface area contributed by atoms with Crippen LogP contribution in [-0.4, -0.2) is 0 Å². The molecule has 0 atom stereocenters. The first-order chi connectivity index (χ1) is 22.9. The first-order valence-corrected chi connectivity index (χ1v) is 16.1. The predicted octanol–water partition coefficient (Wildman–Crippen LogP) is 13.1. The number of benzene rings is 9. The van der Waals surface area contributed by atoms with Gasteiger partial charge in [0.1, 0.15) is 0 Å². The van der Waals surface area contributed by atoms with Crippen molar-refractivity contribution in [2.75, 3.05) is 0 Å². The van der Waals surface area contributed by atoms with Gasteiger partial charge >= 0.3 is 0 Å². The molecule has 0 radical (unpaired) electrons. The van der Waals surface area contributed by atoms with Crippen LogP contribution in [0.2, 0.25) is 0 Å². The Morgan fingerprint density at radius 3 is 1.41 bits per heavy atom. The van der Waals surface area contributed by atoms with E-state index < -0.39 is 0 Å². The van der Waals surface area contributed by atoms with Gasteiger partial charge in [0.25, 0.3) is 0 Å². The van der Waals surface area contributed by atoms with Gasteiger partial charge in [0, 0.05) is 0 Å². The average Bonchev–Trinajstić information content (AvgIpc) is 3.62. The molecule has 210 valence electrons. The summed E-state index contributed by atoms with van der Waals surface area (Å²) in [4.78, 5) is 0. The molecule has 46 heavy (non-hydrogen) atoms. The Labute approximate surface area is 265 Å². The van der Waals surface area contributed by atoms with Gasteiger partial charge in [0.2, 0.25) is 0 Å². The minimum absolute atomic E-state index is 1.26. The Balaban J connectivity index is 1.54. The monoisotopic (exact) mass is 578 g/mol. The Morgan fingerprint density at radius 1 is 0.217 bits per heavy atom. The molecule has 11 aromatic carbocycles. The normalized spacial score (nSPS) is 12.3. The predicted molar refractivity (Wildman–Crippen MR) is 200 cm³/mol. The molecule has 0 aliphatic heterocycles. The van der Waals surface area contributed by atoms with E-state index in [0.29, 0.717) is 0 Å². The highest BCUT2D eigenvalue weighted by Crippen LogP contribution is 2.55. The second-order valence-corrected chi connectivity index (χ2v) is 12.7. The van der Waals surface area contributed by atoms with E-state index in [9.17, 15) is 0 Å². The van der Waals surface area contributed by atoms with Crippen molar-refractivity contribution in [1.82, 2.24) is 0 Å². The van der Waals surface area contributed by atoms with Crippen LogP contribution in [0.4, 0.5) is 0 Å². The zero-order valence-corrected chi connectivity index (χ0v) is 25.0. The third kappa shape index (κ3) is 2.99. The number of fused-ring (bicyclic) bond motifs is 10. The lowest BCUT2D eigenvalue weighted by molar-refractivity contribution is 1.68. The summed E-state index contributed by atoms with van der Waals surface area (Å²) in [7, 11) is 0. The molecule has 0 aliphatic carbocycles. The fourth-order valence-electron chi connectivity index (χ4n) is 8.76. The number of hydrogen-bond acceptors (Lipinski definition) is 0. The van der Waals surface area contributed by atoms with Crippen molar-refractivity contribution in [3.8, 4) is 22.3 Å². The van der Waals surface area contributed by atoms with Gasteiger partial charge in [-0.15, -0.1) is 0 Å². The van der Waals surface area contributed by atoms with Crippen LogP contribution in [0.3, 0.4) is 0 Å². The lowest BCUT2D eigenvalue weighted by Gasteiger charge is -2.19. The second-order valence-electron chi connectivity index (χ2n) is 12.7. The highest BCUT2D eigenvalue weighted by Gasteiger charge is 2.26. The van der Waals surface area contributed by atoms with E-state index in [-0.39, 0.29) is 0 Å². The van der Waals surface area contributed by atoms with E-state index in [1.807, 2.05) is 0 Å². The van der Waals surface area contributed by atoms with E-state index in [2.05, 4.69) is 158 Å². The molecule has 0 bridgehead atoms. The molecule has 11 aromatic rings. The van der Waals surface area contributed by atoms with Gasteiger partial charge < -0.3 is 0 Å². The summed E-state index contributed by atoms with van der Waals surface area (Å²) >= 11 is 0. The molecule has 0 unspecified atom stereocenters. The van der Waals surface area contributed by atoms with Crippen LogP contribution in [0.25, 0.3) is 108 Å². The van der Waals surface area contributed by atoms with Crippen LogP contribution < -0.4 is 0 Å². The van der Waals surface area contributed by atoms with Crippen molar-refractivity contribution >= 4 is 86.2 Å². The van der Waals surface area contributed by atoms with E-state index >= 15 is 0 Å². The van der Waals surface area contributed by atoms with E-state index in [4.69, 9.17) is 0 Å². The Kier molecular flexibility index (Phi) is 4.66. The summed E-state index contributed by atoms with van der Waals surface area (Å²) in [6.45, 7) is 0. The molecule has 0 saturated heterocycles. The third-order valence-electron chi connectivity index (χ3n) is 10.5. The van der Waals surface area contributed by atoms with Crippen molar-refractivity contribution in [3.63, 3.8) is 0 Å². The third-order valence-corrected chi connectivity index (χ3v) is 10.5. The maximum atomic E-state index is 2.52. The van der Waals surface area contributed by atoms with Crippen LogP contribution in [-0.2, 0) is 0 Å². The van der Waals surface area contributed by atoms with Gasteiger partial charge in [0.05, 0.1) is 0 Å². The van der Waals surface area contributed by atoms with Crippen molar-refractivity contribution in [1.29, 1.82) is 0 Å². The van der Waals surface area contributed by atoms with Crippen molar-refractivity contribution in [2.45, 2.75) is 0 Å². The number of rotatable bonds is 2. The smallest absolute Gasteiger partial charge is 0.000718 e. The minimum atomic E-state index is 1.26. The second kappa shape index (κ2) is 8.81. The van der Waals surface area contributed by atoms with Crippen LogP contribution in [0, 0.1) is 0 Å². The van der Waals surface area contributed by atoms with Gasteiger partial charge in [-0.2, -0.15) is 0 Å². The molecule has 0 amide bonds. The molecule has 0 aromatic heterocycles. The molecule has 0 nitrogen and oxygen atoms in total. The number of hydrogen-bond donors (Lipinski definition) is 0. The molecular formula is C46H26. The molecule has 0 heteroatoms. The highest BCUT2D eigenvalue weighted by atomic mass is 14.3. The van der Waals surface area contributed by atoms with Gasteiger partial charge in [-0.3, -0.25) is 0 Å². The van der Waals surface area contributed by atoms with Crippen molar-refractivity contribution in [3.05, 3.63) is 158 Å². The molecule has 0 heterocycles. The zero-order chi connectivity index (χ0) is 29.9. The lowest BCUT2D eigenvalue weighted by Crippen LogP contribution is -1.91. The summed E-state index contributed by atoms with van der Waals surface area (Å²) < 4.78 is 0. The minimum Gasteiger partial charge on any atom is -0.0622 e. The van der Waals surface area contributed by atoms with Crippen molar-refractivity contribution in [2.24, 2.45) is 0 Å². The summed E-state index contributed by atoms with van der Waals surface area (Å²) in [5.74, 6) is 0. The first-order valence-electron chi connectivity index (χ1n) is 16.1. The first kappa shape index (κ1) is 24.4. The van der Waals surface area contributed by atoms with Gasteiger partial charge in [-0.05, 0) is 121 Å². The largest absolute Gasteiger partial charge is 0.0622 e. The summed E-state index contributed by atoms with van der Waals surface area (Å²) in [6, 6.07) is 58.8. The van der Waals surface area contributed by atoms with Gasteiger partial charge in [-0.1, -0.05) is 146 Å². The van der Waals surface area contributed by atoms with Crippen LogP contribution >= 0.6 is 0 Å². The molecule has 0 N–H and O–H groups in total. The molecule has 0 saturated carbocycles. The SMILES string of the molecule is c1ccc(-c2c3cc4c5ccccc5c5cccc(c3c(-c3ccccc3)c3c6cccc7c8ccccc8cc(c23)c76)c54)cc1. The fourth-order valence-corrected chi connectivity index (χ4v) is 8.76. The Hall–Kier alpha value is -5.98.